The van der Waals surface area contributed by atoms with Gasteiger partial charge in [-0.25, -0.2) is 0 Å². The summed E-state index contributed by atoms with van der Waals surface area (Å²) in [5.41, 5.74) is 0. The second-order valence-corrected chi connectivity index (χ2v) is 4.26. The van der Waals surface area contributed by atoms with E-state index in [1.165, 1.54) is 24.3 Å². The number of thioether (sulfide) groups is 1. The van der Waals surface area contributed by atoms with Crippen molar-refractivity contribution in [3.05, 3.63) is 12.2 Å². The highest BCUT2D eigenvalue weighted by Gasteiger charge is 2.14. The van der Waals surface area contributed by atoms with Crippen molar-refractivity contribution in [1.29, 1.82) is 0 Å². The summed E-state index contributed by atoms with van der Waals surface area (Å²) < 4.78 is 4.64. The van der Waals surface area contributed by atoms with Gasteiger partial charge in [0.25, 0.3) is 0 Å². The Hall–Kier alpha value is -0.550. The van der Waals surface area contributed by atoms with E-state index < -0.39 is 0 Å². The van der Waals surface area contributed by atoms with Crippen LogP contribution in [0.25, 0.3) is 0 Å². The third-order valence-corrected chi connectivity index (χ3v) is 3.28. The summed E-state index contributed by atoms with van der Waals surface area (Å²) >= 11 is 2.02. The topological polar surface area (TPSA) is 51.0 Å². The summed E-state index contributed by atoms with van der Waals surface area (Å²) in [7, 11) is 0. The van der Waals surface area contributed by atoms with E-state index >= 15 is 0 Å². The number of nitrogens with one attached hydrogen (secondary N) is 1. The number of hydrogen-bond donors (Lipinski definition) is 1. The second-order valence-electron chi connectivity index (χ2n) is 3.11. The normalized spacial score (nSPS) is 22.3. The van der Waals surface area contributed by atoms with Crippen molar-refractivity contribution >= 4 is 11.8 Å². The van der Waals surface area contributed by atoms with Crippen LogP contribution in [-0.2, 0) is 6.42 Å². The Balaban J connectivity index is 1.63. The molecule has 1 aromatic rings. The van der Waals surface area contributed by atoms with Crippen LogP contribution in [-0.4, -0.2) is 34.2 Å². The van der Waals surface area contributed by atoms with E-state index in [9.17, 15) is 0 Å². The van der Waals surface area contributed by atoms with Crippen molar-refractivity contribution in [3.63, 3.8) is 0 Å². The molecular weight excluding hydrogens is 186 g/mol. The van der Waals surface area contributed by atoms with Crippen LogP contribution in [0.4, 0.5) is 0 Å². The lowest BCUT2D eigenvalue weighted by Gasteiger charge is -2.08. The zero-order valence-corrected chi connectivity index (χ0v) is 8.22. The Kier molecular flexibility index (Phi) is 3.21. The fourth-order valence-electron chi connectivity index (χ4n) is 1.39. The van der Waals surface area contributed by atoms with E-state index in [-0.39, 0.29) is 0 Å². The quantitative estimate of drug-likeness (QED) is 0.774. The van der Waals surface area contributed by atoms with Crippen LogP contribution < -0.4 is 5.32 Å². The van der Waals surface area contributed by atoms with E-state index in [0.29, 0.717) is 6.04 Å². The van der Waals surface area contributed by atoms with Crippen LogP contribution in [0.5, 0.6) is 0 Å². The molecule has 1 unspecified atom stereocenters. The highest BCUT2D eigenvalue weighted by atomic mass is 32.2. The fraction of sp³-hybridized carbons (Fsp3) is 0.750. The molecule has 13 heavy (non-hydrogen) atoms. The largest absolute Gasteiger partial charge is 0.343 e. The van der Waals surface area contributed by atoms with E-state index in [2.05, 4.69) is 20.0 Å². The predicted octanol–water partition coefficient (Wildman–Crippen LogP) is 0.707. The molecule has 0 aliphatic carbocycles. The zero-order chi connectivity index (χ0) is 8.93. The first-order valence-electron chi connectivity index (χ1n) is 4.51. The molecule has 0 amide bonds. The van der Waals surface area contributed by atoms with Gasteiger partial charge >= 0.3 is 0 Å². The maximum atomic E-state index is 4.64. The first-order valence-corrected chi connectivity index (χ1v) is 5.67. The number of aromatic nitrogens is 2. The van der Waals surface area contributed by atoms with Crippen LogP contribution in [0.3, 0.4) is 0 Å². The van der Waals surface area contributed by atoms with Crippen molar-refractivity contribution in [2.45, 2.75) is 18.9 Å². The van der Waals surface area contributed by atoms with Gasteiger partial charge < -0.3 is 9.84 Å². The molecule has 0 saturated carbocycles. The summed E-state index contributed by atoms with van der Waals surface area (Å²) in [6.07, 6.45) is 3.52. The van der Waals surface area contributed by atoms with Gasteiger partial charge in [0.05, 0.1) is 0 Å². The Bertz CT molecular complexity index is 234. The molecule has 1 N–H and O–H groups in total. The maximum Gasteiger partial charge on any atom is 0.213 e. The Labute approximate surface area is 81.5 Å². The SMILES string of the molecule is c1nc(CCNC2CCSC2)no1. The highest BCUT2D eigenvalue weighted by molar-refractivity contribution is 7.99. The number of hydrogen-bond acceptors (Lipinski definition) is 5. The third-order valence-electron chi connectivity index (χ3n) is 2.12. The third kappa shape index (κ3) is 2.70. The predicted molar refractivity (Wildman–Crippen MR) is 51.7 cm³/mol. The molecule has 0 spiro atoms. The van der Waals surface area contributed by atoms with Crippen LogP contribution in [0, 0.1) is 0 Å². The first-order chi connectivity index (χ1) is 6.45. The van der Waals surface area contributed by atoms with Crippen LogP contribution in [0.1, 0.15) is 12.2 Å². The molecule has 1 saturated heterocycles. The fourth-order valence-corrected chi connectivity index (χ4v) is 2.57. The molecule has 1 aliphatic heterocycles. The molecule has 1 aliphatic rings. The first kappa shape index (κ1) is 9.02. The van der Waals surface area contributed by atoms with E-state index in [1.54, 1.807) is 0 Å². The lowest BCUT2D eigenvalue weighted by molar-refractivity contribution is 0.408. The van der Waals surface area contributed by atoms with E-state index in [4.69, 9.17) is 0 Å². The van der Waals surface area contributed by atoms with Gasteiger partial charge in [0.15, 0.2) is 5.82 Å². The van der Waals surface area contributed by atoms with E-state index in [0.717, 1.165) is 18.8 Å². The minimum atomic E-state index is 0.692. The van der Waals surface area contributed by atoms with Gasteiger partial charge in [-0.1, -0.05) is 5.16 Å². The van der Waals surface area contributed by atoms with Crippen LogP contribution >= 0.6 is 11.8 Å². The summed E-state index contributed by atoms with van der Waals surface area (Å²) in [5, 5.41) is 7.23. The monoisotopic (exact) mass is 199 g/mol. The van der Waals surface area contributed by atoms with E-state index in [1.807, 2.05) is 11.8 Å². The van der Waals surface area contributed by atoms with Gasteiger partial charge in [-0.3, -0.25) is 0 Å². The summed E-state index contributed by atoms with van der Waals surface area (Å²) in [5.74, 6) is 3.32. The second kappa shape index (κ2) is 4.62. The van der Waals surface area contributed by atoms with Crippen molar-refractivity contribution in [3.8, 4) is 0 Å². The molecule has 1 atom stereocenters. The Morgan fingerprint density at radius 2 is 2.69 bits per heavy atom. The molecule has 0 radical (unpaired) electrons. The molecule has 4 nitrogen and oxygen atoms in total. The molecule has 1 aromatic heterocycles. The highest BCUT2D eigenvalue weighted by Crippen LogP contribution is 2.16. The lowest BCUT2D eigenvalue weighted by atomic mass is 10.2. The summed E-state index contributed by atoms with van der Waals surface area (Å²) in [6, 6.07) is 0.692. The minimum Gasteiger partial charge on any atom is -0.343 e. The smallest absolute Gasteiger partial charge is 0.213 e. The molecule has 2 rings (SSSR count). The molecule has 5 heteroatoms. The average Bonchev–Trinajstić information content (AvgIpc) is 2.75. The molecule has 0 bridgehead atoms. The summed E-state index contributed by atoms with van der Waals surface area (Å²) in [4.78, 5) is 3.96. The molecule has 1 fully saturated rings. The van der Waals surface area contributed by atoms with Crippen molar-refractivity contribution in [2.75, 3.05) is 18.1 Å². The van der Waals surface area contributed by atoms with Crippen LogP contribution in [0.15, 0.2) is 10.9 Å². The average molecular weight is 199 g/mol. The Morgan fingerprint density at radius 3 is 3.38 bits per heavy atom. The molecule has 0 aromatic carbocycles. The minimum absolute atomic E-state index is 0.692. The number of nitrogens with zero attached hydrogens (tertiary/aromatic N) is 2. The Morgan fingerprint density at radius 1 is 1.69 bits per heavy atom. The van der Waals surface area contributed by atoms with Crippen molar-refractivity contribution < 1.29 is 4.52 Å². The molecule has 2 heterocycles. The molecular formula is C8H13N3OS. The zero-order valence-electron chi connectivity index (χ0n) is 7.40. The molecule has 72 valence electrons. The van der Waals surface area contributed by atoms with Gasteiger partial charge in [-0.15, -0.1) is 0 Å². The van der Waals surface area contributed by atoms with Gasteiger partial charge in [0.1, 0.15) is 0 Å². The van der Waals surface area contributed by atoms with Gasteiger partial charge in [-0.2, -0.15) is 16.7 Å². The van der Waals surface area contributed by atoms with Crippen molar-refractivity contribution in [2.24, 2.45) is 0 Å². The lowest BCUT2D eigenvalue weighted by Crippen LogP contribution is -2.30. The van der Waals surface area contributed by atoms with Gasteiger partial charge in [0, 0.05) is 24.8 Å². The summed E-state index contributed by atoms with van der Waals surface area (Å²) in [6.45, 7) is 0.949. The number of rotatable bonds is 4. The maximum absolute atomic E-state index is 4.64. The standard InChI is InChI=1S/C8H13N3OS/c1(8-10-6-12-11-8)3-9-7-2-4-13-5-7/h6-7,9H,1-5H2. The van der Waals surface area contributed by atoms with Gasteiger partial charge in [-0.05, 0) is 12.2 Å². The van der Waals surface area contributed by atoms with Crippen molar-refractivity contribution in [1.82, 2.24) is 15.5 Å². The van der Waals surface area contributed by atoms with Crippen LogP contribution in [0.2, 0.25) is 0 Å². The van der Waals surface area contributed by atoms with Gasteiger partial charge in [0.2, 0.25) is 6.39 Å².